The van der Waals surface area contributed by atoms with Crippen LogP contribution in [0.3, 0.4) is 0 Å². The fourth-order valence-corrected chi connectivity index (χ4v) is 4.76. The van der Waals surface area contributed by atoms with Gasteiger partial charge >= 0.3 is 0 Å². The number of anilines is 1. The van der Waals surface area contributed by atoms with Crippen LogP contribution in [0, 0.1) is 0 Å². The van der Waals surface area contributed by atoms with Crippen molar-refractivity contribution in [2.24, 2.45) is 0 Å². The van der Waals surface area contributed by atoms with Gasteiger partial charge in [0.2, 0.25) is 0 Å². The molecular formula is C24H20ClNO5S. The Kier molecular flexibility index (Phi) is 6.21. The smallest absolute Gasteiger partial charge is 0.300 e. The second kappa shape index (κ2) is 9.06. The number of carbonyl (C=O) groups is 2. The molecule has 1 aliphatic rings. The number of hydrogen-bond acceptors (Lipinski definition) is 6. The zero-order valence-corrected chi connectivity index (χ0v) is 18.9. The lowest BCUT2D eigenvalue weighted by Crippen LogP contribution is -2.29. The summed E-state index contributed by atoms with van der Waals surface area (Å²) < 4.78 is 10.7. The molecule has 1 saturated heterocycles. The summed E-state index contributed by atoms with van der Waals surface area (Å²) in [6, 6.07) is 14.6. The van der Waals surface area contributed by atoms with E-state index in [-0.39, 0.29) is 16.4 Å². The van der Waals surface area contributed by atoms with Crippen molar-refractivity contribution in [3.63, 3.8) is 0 Å². The second-order valence-corrected chi connectivity index (χ2v) is 8.35. The van der Waals surface area contributed by atoms with Crippen molar-refractivity contribution in [3.8, 4) is 11.5 Å². The lowest BCUT2D eigenvalue weighted by molar-refractivity contribution is -0.132. The molecule has 1 atom stereocenters. The predicted octanol–water partition coefficient (Wildman–Crippen LogP) is 5.44. The van der Waals surface area contributed by atoms with Crippen LogP contribution in [0.25, 0.3) is 5.76 Å². The van der Waals surface area contributed by atoms with Gasteiger partial charge in [0.1, 0.15) is 23.3 Å². The number of aliphatic hydroxyl groups excluding tert-OH is 1. The van der Waals surface area contributed by atoms with Gasteiger partial charge in [-0.25, -0.2) is 0 Å². The molecule has 1 amide bonds. The SMILES string of the molecule is CCOc1cccc(N2C(=O)C(=O)/C(=C(\O)c3ccc(OC)c(Cl)c3)C2c2cccs2)c1. The number of Topliss-reactive ketones (excluding diaryl/α,β-unsaturated/α-hetero) is 1. The van der Waals surface area contributed by atoms with Crippen molar-refractivity contribution in [2.75, 3.05) is 18.6 Å². The molecule has 0 radical (unpaired) electrons. The van der Waals surface area contributed by atoms with E-state index in [1.807, 2.05) is 24.4 Å². The maximum atomic E-state index is 13.1. The number of methoxy groups -OCH3 is 1. The molecule has 164 valence electrons. The van der Waals surface area contributed by atoms with Crippen molar-refractivity contribution in [1.82, 2.24) is 0 Å². The summed E-state index contributed by atoms with van der Waals surface area (Å²) in [5, 5.41) is 13.3. The monoisotopic (exact) mass is 469 g/mol. The Morgan fingerprint density at radius 2 is 1.97 bits per heavy atom. The van der Waals surface area contributed by atoms with Crippen LogP contribution >= 0.6 is 22.9 Å². The summed E-state index contributed by atoms with van der Waals surface area (Å²) >= 11 is 7.61. The number of aliphatic hydroxyl groups is 1. The lowest BCUT2D eigenvalue weighted by Gasteiger charge is -2.24. The molecule has 3 aromatic rings. The van der Waals surface area contributed by atoms with Crippen LogP contribution in [0.5, 0.6) is 11.5 Å². The highest BCUT2D eigenvalue weighted by molar-refractivity contribution is 7.10. The van der Waals surface area contributed by atoms with E-state index in [1.165, 1.54) is 29.4 Å². The Hall–Kier alpha value is -3.29. The van der Waals surface area contributed by atoms with E-state index in [2.05, 4.69) is 0 Å². The summed E-state index contributed by atoms with van der Waals surface area (Å²) in [7, 11) is 1.49. The molecule has 2 heterocycles. The summed E-state index contributed by atoms with van der Waals surface area (Å²) in [5.74, 6) is -0.771. The number of nitrogens with zero attached hydrogens (tertiary/aromatic N) is 1. The van der Waals surface area contributed by atoms with Gasteiger partial charge in [-0.1, -0.05) is 23.7 Å². The van der Waals surface area contributed by atoms with Crippen LogP contribution in [0.4, 0.5) is 5.69 Å². The molecule has 0 bridgehead atoms. The molecule has 32 heavy (non-hydrogen) atoms. The van der Waals surface area contributed by atoms with E-state index in [4.69, 9.17) is 21.1 Å². The number of ether oxygens (including phenoxy) is 2. The number of carbonyl (C=O) groups excluding carboxylic acids is 2. The Morgan fingerprint density at radius 1 is 1.16 bits per heavy atom. The highest BCUT2D eigenvalue weighted by Gasteiger charge is 2.47. The third-order valence-corrected chi connectivity index (χ3v) is 6.31. The minimum absolute atomic E-state index is 0.000460. The second-order valence-electron chi connectivity index (χ2n) is 6.96. The molecular weight excluding hydrogens is 450 g/mol. The van der Waals surface area contributed by atoms with E-state index < -0.39 is 17.7 Å². The van der Waals surface area contributed by atoms with Crippen LogP contribution in [0.2, 0.25) is 5.02 Å². The van der Waals surface area contributed by atoms with Crippen LogP contribution in [0.1, 0.15) is 23.4 Å². The Balaban J connectivity index is 1.88. The average molecular weight is 470 g/mol. The standard InChI is InChI=1S/C24H20ClNO5S/c1-3-31-16-7-4-6-15(13-16)26-21(19-8-5-11-32-19)20(23(28)24(26)29)22(27)14-9-10-18(30-2)17(25)12-14/h4-13,21,27H,3H2,1-2H3/b22-20-. The molecule has 4 rings (SSSR count). The number of amides is 1. The summed E-state index contributed by atoms with van der Waals surface area (Å²) in [5.41, 5.74) is 0.821. The molecule has 1 unspecified atom stereocenters. The third kappa shape index (κ3) is 3.85. The molecule has 1 fully saturated rings. The Bertz CT molecular complexity index is 1200. The van der Waals surface area contributed by atoms with E-state index in [0.717, 1.165) is 4.88 Å². The molecule has 6 nitrogen and oxygen atoms in total. The van der Waals surface area contributed by atoms with Crippen molar-refractivity contribution in [3.05, 3.63) is 81.0 Å². The Labute approximate surface area is 194 Å². The topological polar surface area (TPSA) is 76.1 Å². The Morgan fingerprint density at radius 3 is 2.62 bits per heavy atom. The fraction of sp³-hybridized carbons (Fsp3) is 0.167. The molecule has 1 N–H and O–H groups in total. The number of benzene rings is 2. The van der Waals surface area contributed by atoms with Gasteiger partial charge in [0.05, 0.1) is 24.3 Å². The van der Waals surface area contributed by atoms with Gasteiger partial charge in [0.25, 0.3) is 11.7 Å². The first-order valence-corrected chi connectivity index (χ1v) is 11.1. The first-order valence-electron chi connectivity index (χ1n) is 9.87. The normalized spacial score (nSPS) is 17.6. The molecule has 0 aliphatic carbocycles. The van der Waals surface area contributed by atoms with Crippen LogP contribution < -0.4 is 14.4 Å². The quantitative estimate of drug-likeness (QED) is 0.296. The van der Waals surface area contributed by atoms with Gasteiger partial charge in [-0.05, 0) is 48.7 Å². The maximum absolute atomic E-state index is 13.1. The summed E-state index contributed by atoms with van der Waals surface area (Å²) in [4.78, 5) is 28.4. The average Bonchev–Trinajstić information content (AvgIpc) is 3.41. The van der Waals surface area contributed by atoms with Crippen molar-refractivity contribution >= 4 is 46.1 Å². The molecule has 1 aromatic heterocycles. The van der Waals surface area contributed by atoms with E-state index in [0.29, 0.717) is 29.4 Å². The number of ketones is 1. The third-order valence-electron chi connectivity index (χ3n) is 5.09. The molecule has 0 saturated carbocycles. The fourth-order valence-electron chi connectivity index (χ4n) is 3.67. The van der Waals surface area contributed by atoms with Crippen LogP contribution in [-0.4, -0.2) is 30.5 Å². The van der Waals surface area contributed by atoms with Gasteiger partial charge in [-0.2, -0.15) is 0 Å². The van der Waals surface area contributed by atoms with Crippen molar-refractivity contribution < 1.29 is 24.2 Å². The zero-order valence-electron chi connectivity index (χ0n) is 17.4. The van der Waals surface area contributed by atoms with E-state index in [1.54, 1.807) is 36.4 Å². The molecule has 1 aliphatic heterocycles. The zero-order chi connectivity index (χ0) is 22.8. The van der Waals surface area contributed by atoms with Gasteiger partial charge in [-0.3, -0.25) is 14.5 Å². The number of rotatable bonds is 6. The largest absolute Gasteiger partial charge is 0.507 e. The number of thiophene rings is 1. The maximum Gasteiger partial charge on any atom is 0.300 e. The van der Waals surface area contributed by atoms with Crippen molar-refractivity contribution in [1.29, 1.82) is 0 Å². The predicted molar refractivity (Wildman–Crippen MR) is 125 cm³/mol. The minimum atomic E-state index is -0.784. The van der Waals surface area contributed by atoms with Crippen molar-refractivity contribution in [2.45, 2.75) is 13.0 Å². The van der Waals surface area contributed by atoms with Gasteiger partial charge in [0, 0.05) is 22.2 Å². The first-order chi connectivity index (χ1) is 15.5. The van der Waals surface area contributed by atoms with E-state index in [9.17, 15) is 14.7 Å². The number of hydrogen-bond donors (Lipinski definition) is 1. The lowest BCUT2D eigenvalue weighted by atomic mass is 9.99. The molecule has 0 spiro atoms. The van der Waals surface area contributed by atoms with Gasteiger partial charge in [0.15, 0.2) is 0 Å². The minimum Gasteiger partial charge on any atom is -0.507 e. The summed E-state index contributed by atoms with van der Waals surface area (Å²) in [6.45, 7) is 2.33. The molecule has 8 heteroatoms. The molecule has 2 aromatic carbocycles. The first kappa shape index (κ1) is 21.9. The van der Waals surface area contributed by atoms with Gasteiger partial charge < -0.3 is 14.6 Å². The highest BCUT2D eigenvalue weighted by atomic mass is 35.5. The van der Waals surface area contributed by atoms with E-state index >= 15 is 0 Å². The van der Waals surface area contributed by atoms with Crippen LogP contribution in [0.15, 0.2) is 65.6 Å². The number of halogens is 1. The highest BCUT2D eigenvalue weighted by Crippen LogP contribution is 2.44. The van der Waals surface area contributed by atoms with Crippen LogP contribution in [-0.2, 0) is 9.59 Å². The van der Waals surface area contributed by atoms with Gasteiger partial charge in [-0.15, -0.1) is 11.3 Å². The summed E-state index contributed by atoms with van der Waals surface area (Å²) in [6.07, 6.45) is 0.